The van der Waals surface area contributed by atoms with Crippen LogP contribution in [-0.2, 0) is 13.0 Å². The molecule has 2 aromatic heterocycles. The average molecular weight is 472 g/mol. The van der Waals surface area contributed by atoms with Crippen LogP contribution in [-0.4, -0.2) is 44.6 Å². The van der Waals surface area contributed by atoms with Crippen LogP contribution in [0.2, 0.25) is 5.15 Å². The molecule has 2 bridgehead atoms. The lowest BCUT2D eigenvalue weighted by Gasteiger charge is -2.38. The highest BCUT2D eigenvalue weighted by Crippen LogP contribution is 2.44. The quantitative estimate of drug-likeness (QED) is 0.567. The van der Waals surface area contributed by atoms with E-state index in [1.165, 1.54) is 18.9 Å². The van der Waals surface area contributed by atoms with E-state index in [1.807, 2.05) is 15.6 Å². The first-order chi connectivity index (χ1) is 16.0. The number of fused-ring (bicyclic) bond motifs is 3. The third-order valence-electron chi connectivity index (χ3n) is 7.33. The molecule has 3 atom stereocenters. The Morgan fingerprint density at radius 2 is 1.82 bits per heavy atom. The van der Waals surface area contributed by atoms with Gasteiger partial charge in [0.2, 0.25) is 5.95 Å². The van der Waals surface area contributed by atoms with E-state index in [9.17, 15) is 8.78 Å². The number of hydrogen-bond donors (Lipinski definition) is 0. The average Bonchev–Trinajstić information content (AvgIpc) is 3.31. The van der Waals surface area contributed by atoms with Gasteiger partial charge >= 0.3 is 0 Å². The molecule has 1 aliphatic carbocycles. The molecule has 0 radical (unpaired) electrons. The summed E-state index contributed by atoms with van der Waals surface area (Å²) in [6, 6.07) is 5.87. The molecule has 2 aliphatic heterocycles. The van der Waals surface area contributed by atoms with Gasteiger partial charge in [0.1, 0.15) is 0 Å². The number of aryl methyl sites for hydroxylation is 1. The van der Waals surface area contributed by atoms with E-state index in [0.29, 0.717) is 41.1 Å². The highest BCUT2D eigenvalue weighted by molar-refractivity contribution is 6.29. The predicted octanol–water partition coefficient (Wildman–Crippen LogP) is 4.25. The minimum absolute atomic E-state index is 0.417. The molecular formula is C23H24ClF2N7. The van der Waals surface area contributed by atoms with Crippen molar-refractivity contribution in [3.63, 3.8) is 0 Å². The molecule has 10 heteroatoms. The molecule has 3 aliphatic rings. The Kier molecular flexibility index (Phi) is 5.16. The fraction of sp³-hybridized carbons (Fsp3) is 0.478. The normalized spacial score (nSPS) is 24.3. The number of aromatic nitrogens is 5. The number of benzene rings is 1. The van der Waals surface area contributed by atoms with Crippen molar-refractivity contribution < 1.29 is 8.78 Å². The Hall–Kier alpha value is -2.81. The highest BCUT2D eigenvalue weighted by atomic mass is 35.5. The van der Waals surface area contributed by atoms with Gasteiger partial charge in [-0.05, 0) is 49.1 Å². The Bertz CT molecular complexity index is 1170. The van der Waals surface area contributed by atoms with Gasteiger partial charge in [0.25, 0.3) is 0 Å². The van der Waals surface area contributed by atoms with Crippen LogP contribution in [0.15, 0.2) is 30.5 Å². The first-order valence-electron chi connectivity index (χ1n) is 11.4. The summed E-state index contributed by atoms with van der Waals surface area (Å²) < 4.78 is 29.2. The molecule has 0 spiro atoms. The summed E-state index contributed by atoms with van der Waals surface area (Å²) in [5.41, 5.74) is 1.63. The minimum Gasteiger partial charge on any atom is -0.370 e. The number of hydrogen-bond acceptors (Lipinski definition) is 6. The van der Waals surface area contributed by atoms with Crippen molar-refractivity contribution >= 4 is 28.9 Å². The lowest BCUT2D eigenvalue weighted by atomic mass is 9.82. The minimum atomic E-state index is -0.849. The van der Waals surface area contributed by atoms with Gasteiger partial charge in [0, 0.05) is 50.4 Å². The van der Waals surface area contributed by atoms with Gasteiger partial charge in [-0.3, -0.25) is 0 Å². The Balaban J connectivity index is 1.21. The molecule has 1 unspecified atom stereocenters. The molecule has 7 nitrogen and oxygen atoms in total. The van der Waals surface area contributed by atoms with Crippen molar-refractivity contribution in [3.8, 4) is 0 Å². The zero-order chi connectivity index (χ0) is 22.5. The maximum absolute atomic E-state index is 13.8. The van der Waals surface area contributed by atoms with E-state index in [-0.39, 0.29) is 0 Å². The Morgan fingerprint density at radius 3 is 2.58 bits per heavy atom. The summed E-state index contributed by atoms with van der Waals surface area (Å²) in [6.07, 6.45) is 5.90. The van der Waals surface area contributed by atoms with Gasteiger partial charge in [-0.15, -0.1) is 5.10 Å². The second kappa shape index (κ2) is 8.20. The molecular weight excluding hydrogens is 448 g/mol. The molecule has 3 aromatic rings. The van der Waals surface area contributed by atoms with Gasteiger partial charge in [0.05, 0.1) is 11.9 Å². The first-order valence-corrected chi connectivity index (χ1v) is 11.8. The lowest BCUT2D eigenvalue weighted by Crippen LogP contribution is -2.42. The van der Waals surface area contributed by atoms with Crippen LogP contribution >= 0.6 is 11.6 Å². The SMILES string of the molecule is Fc1ccc(N2CCCn3nc(CC4[C@@H]5CC[C@H]4CN(c4cnnc(Cl)c4)C5)nc32)cc1F. The van der Waals surface area contributed by atoms with E-state index in [4.69, 9.17) is 21.7 Å². The highest BCUT2D eigenvalue weighted by Gasteiger charge is 2.42. The molecule has 0 amide bonds. The van der Waals surface area contributed by atoms with Crippen LogP contribution in [0.5, 0.6) is 0 Å². The second-order valence-corrected chi connectivity index (χ2v) is 9.65. The van der Waals surface area contributed by atoms with Gasteiger partial charge in [-0.2, -0.15) is 15.2 Å². The molecule has 33 heavy (non-hydrogen) atoms. The first kappa shape index (κ1) is 20.8. The molecule has 6 rings (SSSR count). The Labute approximate surface area is 195 Å². The third kappa shape index (κ3) is 3.82. The topological polar surface area (TPSA) is 63.0 Å². The van der Waals surface area contributed by atoms with Crippen molar-refractivity contribution in [2.24, 2.45) is 17.8 Å². The number of nitrogens with zero attached hydrogens (tertiary/aromatic N) is 7. The smallest absolute Gasteiger partial charge is 0.228 e. The number of piperidine rings is 1. The summed E-state index contributed by atoms with van der Waals surface area (Å²) in [7, 11) is 0. The third-order valence-corrected chi connectivity index (χ3v) is 7.51. The van der Waals surface area contributed by atoms with Crippen molar-refractivity contribution in [2.45, 2.75) is 32.2 Å². The number of rotatable bonds is 4. The zero-order valence-electron chi connectivity index (χ0n) is 18.0. The van der Waals surface area contributed by atoms with Crippen LogP contribution in [0.1, 0.15) is 25.1 Å². The summed E-state index contributed by atoms with van der Waals surface area (Å²) >= 11 is 6.05. The van der Waals surface area contributed by atoms with Crippen LogP contribution in [0, 0.1) is 29.4 Å². The van der Waals surface area contributed by atoms with Crippen LogP contribution < -0.4 is 9.80 Å². The lowest BCUT2D eigenvalue weighted by molar-refractivity contribution is 0.265. The number of halogens is 3. The van der Waals surface area contributed by atoms with Crippen molar-refractivity contribution in [3.05, 3.63) is 53.1 Å². The molecule has 2 fully saturated rings. The molecule has 1 saturated heterocycles. The largest absolute Gasteiger partial charge is 0.370 e. The standard InChI is InChI=1S/C23H24ClF2N7/c24-21-9-17(11-27-29-21)31-12-14-2-3-15(13-31)18(14)10-22-28-23-32(6-1-7-33(23)30-22)16-4-5-19(25)20(26)8-16/h4-5,8-9,11,14-15,18H,1-3,6-7,10,12-13H2/t14-,15+,18?. The monoisotopic (exact) mass is 471 g/mol. The molecule has 172 valence electrons. The summed E-state index contributed by atoms with van der Waals surface area (Å²) in [5.74, 6) is 1.53. The van der Waals surface area contributed by atoms with Crippen LogP contribution in [0.4, 0.5) is 26.1 Å². The fourth-order valence-electron chi connectivity index (χ4n) is 5.79. The van der Waals surface area contributed by atoms with Crippen molar-refractivity contribution in [1.82, 2.24) is 25.0 Å². The maximum Gasteiger partial charge on any atom is 0.228 e. The van der Waals surface area contributed by atoms with Crippen molar-refractivity contribution in [1.29, 1.82) is 0 Å². The van der Waals surface area contributed by atoms with Gasteiger partial charge in [-0.25, -0.2) is 13.5 Å². The molecule has 1 aromatic carbocycles. The van der Waals surface area contributed by atoms with E-state index in [2.05, 4.69) is 15.1 Å². The van der Waals surface area contributed by atoms with Gasteiger partial charge in [0.15, 0.2) is 22.6 Å². The van der Waals surface area contributed by atoms with E-state index in [1.54, 1.807) is 12.3 Å². The maximum atomic E-state index is 13.8. The number of anilines is 3. The van der Waals surface area contributed by atoms with Crippen molar-refractivity contribution in [2.75, 3.05) is 29.4 Å². The predicted molar refractivity (Wildman–Crippen MR) is 121 cm³/mol. The molecule has 0 N–H and O–H groups in total. The van der Waals surface area contributed by atoms with E-state index in [0.717, 1.165) is 50.1 Å². The summed E-state index contributed by atoms with van der Waals surface area (Å²) in [6.45, 7) is 3.43. The molecule has 1 saturated carbocycles. The summed E-state index contributed by atoms with van der Waals surface area (Å²) in [4.78, 5) is 9.15. The van der Waals surface area contributed by atoms with Crippen LogP contribution in [0.25, 0.3) is 0 Å². The Morgan fingerprint density at radius 1 is 1.00 bits per heavy atom. The van der Waals surface area contributed by atoms with Crippen LogP contribution in [0.3, 0.4) is 0 Å². The van der Waals surface area contributed by atoms with E-state index >= 15 is 0 Å². The zero-order valence-corrected chi connectivity index (χ0v) is 18.8. The van der Waals surface area contributed by atoms with E-state index < -0.39 is 11.6 Å². The van der Waals surface area contributed by atoms with Gasteiger partial charge in [-0.1, -0.05) is 11.6 Å². The second-order valence-electron chi connectivity index (χ2n) is 9.26. The summed E-state index contributed by atoms with van der Waals surface area (Å²) in [5, 5.41) is 13.1. The molecule has 4 heterocycles. The fourth-order valence-corrected chi connectivity index (χ4v) is 5.94. The van der Waals surface area contributed by atoms with Gasteiger partial charge < -0.3 is 9.80 Å².